The van der Waals surface area contributed by atoms with Crippen LogP contribution in [0.5, 0.6) is 0 Å². The molecule has 0 spiro atoms. The van der Waals surface area contributed by atoms with E-state index in [9.17, 15) is 9.59 Å². The Labute approximate surface area is 118 Å². The van der Waals surface area contributed by atoms with E-state index in [4.69, 9.17) is 5.73 Å². The van der Waals surface area contributed by atoms with Gasteiger partial charge in [-0.1, -0.05) is 12.1 Å². The first-order chi connectivity index (χ1) is 9.51. The van der Waals surface area contributed by atoms with Crippen LogP contribution in [0.2, 0.25) is 0 Å². The third-order valence-corrected chi connectivity index (χ3v) is 3.81. The number of hydrogen-bond donors (Lipinski definition) is 3. The van der Waals surface area contributed by atoms with E-state index < -0.39 is 11.4 Å². The minimum Gasteiger partial charge on any atom is -0.366 e. The molecule has 20 heavy (non-hydrogen) atoms. The summed E-state index contributed by atoms with van der Waals surface area (Å²) in [7, 11) is 0. The summed E-state index contributed by atoms with van der Waals surface area (Å²) in [4.78, 5) is 23.2. The first-order valence-electron chi connectivity index (χ1n) is 6.93. The molecule has 1 heterocycles. The lowest BCUT2D eigenvalue weighted by Gasteiger charge is -2.33. The van der Waals surface area contributed by atoms with Crippen molar-refractivity contribution in [3.63, 3.8) is 0 Å². The molecular weight excluding hydrogens is 254 g/mol. The summed E-state index contributed by atoms with van der Waals surface area (Å²) >= 11 is 0. The molecule has 1 aliphatic heterocycles. The maximum atomic E-state index is 12.2. The highest BCUT2D eigenvalue weighted by Crippen LogP contribution is 2.18. The predicted molar refractivity (Wildman–Crippen MR) is 77.1 cm³/mol. The second-order valence-corrected chi connectivity index (χ2v) is 5.46. The van der Waals surface area contributed by atoms with Gasteiger partial charge >= 0.3 is 0 Å². The zero-order valence-electron chi connectivity index (χ0n) is 11.7. The summed E-state index contributed by atoms with van der Waals surface area (Å²) in [5.41, 5.74) is 6.14. The number of carbonyl (C=O) groups is 2. The first-order valence-corrected chi connectivity index (χ1v) is 6.93. The quantitative estimate of drug-likeness (QED) is 0.764. The number of amides is 2. The van der Waals surface area contributed by atoms with E-state index in [1.165, 1.54) is 0 Å². The van der Waals surface area contributed by atoms with Crippen LogP contribution < -0.4 is 16.4 Å². The van der Waals surface area contributed by atoms with Gasteiger partial charge in [0.25, 0.3) is 0 Å². The third-order valence-electron chi connectivity index (χ3n) is 3.81. The summed E-state index contributed by atoms with van der Waals surface area (Å²) in [5.74, 6) is -0.421. The molecule has 1 aromatic rings. The average Bonchev–Trinajstić information content (AvgIpc) is 2.46. The molecule has 2 rings (SSSR count). The molecule has 0 saturated carbocycles. The van der Waals surface area contributed by atoms with Crippen molar-refractivity contribution in [2.24, 2.45) is 5.73 Å². The van der Waals surface area contributed by atoms with Gasteiger partial charge in [0.1, 0.15) is 0 Å². The van der Waals surface area contributed by atoms with Crippen LogP contribution in [-0.2, 0) is 11.3 Å². The fourth-order valence-electron chi connectivity index (χ4n) is 2.41. The van der Waals surface area contributed by atoms with Crippen LogP contribution in [0.25, 0.3) is 0 Å². The monoisotopic (exact) mass is 275 g/mol. The van der Waals surface area contributed by atoms with Gasteiger partial charge < -0.3 is 16.4 Å². The number of carbonyl (C=O) groups excluding carboxylic acids is 2. The highest BCUT2D eigenvalue weighted by Gasteiger charge is 2.33. The Hall–Kier alpha value is -1.88. The molecule has 1 atom stereocenters. The zero-order valence-corrected chi connectivity index (χ0v) is 11.7. The van der Waals surface area contributed by atoms with Gasteiger partial charge in [0.05, 0.1) is 5.54 Å². The molecule has 1 fully saturated rings. The fourth-order valence-corrected chi connectivity index (χ4v) is 2.41. The lowest BCUT2D eigenvalue weighted by molar-refractivity contribution is -0.128. The molecule has 0 aromatic heterocycles. The van der Waals surface area contributed by atoms with E-state index in [2.05, 4.69) is 10.6 Å². The van der Waals surface area contributed by atoms with E-state index in [1.54, 1.807) is 24.3 Å². The Balaban J connectivity index is 1.91. The molecule has 5 nitrogen and oxygen atoms in total. The molecule has 0 bridgehead atoms. The summed E-state index contributed by atoms with van der Waals surface area (Å²) in [5, 5.41) is 6.22. The lowest BCUT2D eigenvalue weighted by Crippen LogP contribution is -2.56. The van der Waals surface area contributed by atoms with Gasteiger partial charge in [-0.2, -0.15) is 0 Å². The molecule has 1 saturated heterocycles. The number of rotatable bonds is 4. The highest BCUT2D eigenvalue weighted by atomic mass is 16.2. The Morgan fingerprint density at radius 3 is 2.55 bits per heavy atom. The lowest BCUT2D eigenvalue weighted by atomic mass is 9.90. The van der Waals surface area contributed by atoms with Crippen molar-refractivity contribution < 1.29 is 9.59 Å². The van der Waals surface area contributed by atoms with Gasteiger partial charge in [-0.3, -0.25) is 9.59 Å². The summed E-state index contributed by atoms with van der Waals surface area (Å²) in [6, 6.07) is 6.95. The summed E-state index contributed by atoms with van der Waals surface area (Å²) < 4.78 is 0. The Morgan fingerprint density at radius 2 is 2.00 bits per heavy atom. The van der Waals surface area contributed by atoms with Gasteiger partial charge in [0.15, 0.2) is 0 Å². The first kappa shape index (κ1) is 14.5. The standard InChI is InChI=1S/C15H21N3O2/c1-15(8-2-3-9-18-15)14(20)17-10-11-4-6-12(7-5-11)13(16)19/h4-7,18H,2-3,8-10H2,1H3,(H2,16,19)(H,17,20). The van der Waals surface area contributed by atoms with Gasteiger partial charge in [-0.05, 0) is 50.4 Å². The Bertz CT molecular complexity index is 490. The molecule has 1 unspecified atom stereocenters. The average molecular weight is 275 g/mol. The van der Waals surface area contributed by atoms with Crippen LogP contribution in [-0.4, -0.2) is 23.9 Å². The maximum Gasteiger partial charge on any atom is 0.248 e. The molecule has 4 N–H and O–H groups in total. The van der Waals surface area contributed by atoms with Crippen LogP contribution in [0.3, 0.4) is 0 Å². The number of nitrogens with one attached hydrogen (secondary N) is 2. The van der Waals surface area contributed by atoms with E-state index in [0.29, 0.717) is 12.1 Å². The van der Waals surface area contributed by atoms with Crippen molar-refractivity contribution in [1.29, 1.82) is 0 Å². The van der Waals surface area contributed by atoms with Crippen molar-refractivity contribution in [1.82, 2.24) is 10.6 Å². The smallest absolute Gasteiger partial charge is 0.248 e. The minimum absolute atomic E-state index is 0.0242. The Morgan fingerprint density at radius 1 is 1.30 bits per heavy atom. The summed E-state index contributed by atoms with van der Waals surface area (Å²) in [6.07, 6.45) is 3.06. The normalized spacial score (nSPS) is 22.2. The van der Waals surface area contributed by atoms with Crippen molar-refractivity contribution >= 4 is 11.8 Å². The molecule has 108 valence electrons. The summed E-state index contributed by atoms with van der Waals surface area (Å²) in [6.45, 7) is 3.28. The number of primary amides is 1. The van der Waals surface area contributed by atoms with Gasteiger partial charge in [0.2, 0.25) is 11.8 Å². The van der Waals surface area contributed by atoms with Crippen molar-refractivity contribution in [3.05, 3.63) is 35.4 Å². The van der Waals surface area contributed by atoms with E-state index >= 15 is 0 Å². The minimum atomic E-state index is -0.467. The molecular formula is C15H21N3O2. The van der Waals surface area contributed by atoms with Crippen molar-refractivity contribution in [2.45, 2.75) is 38.3 Å². The number of hydrogen-bond acceptors (Lipinski definition) is 3. The van der Waals surface area contributed by atoms with Crippen LogP contribution in [0, 0.1) is 0 Å². The van der Waals surface area contributed by atoms with Crippen LogP contribution >= 0.6 is 0 Å². The highest BCUT2D eigenvalue weighted by molar-refractivity contribution is 5.92. The van der Waals surface area contributed by atoms with Crippen molar-refractivity contribution in [2.75, 3.05) is 6.54 Å². The predicted octanol–water partition coefficient (Wildman–Crippen LogP) is 0.934. The van der Waals surface area contributed by atoms with Gasteiger partial charge in [0, 0.05) is 12.1 Å². The van der Waals surface area contributed by atoms with E-state index in [1.807, 2.05) is 6.92 Å². The third kappa shape index (κ3) is 3.36. The SMILES string of the molecule is CC1(C(=O)NCc2ccc(C(N)=O)cc2)CCCCN1. The number of benzene rings is 1. The fraction of sp³-hybridized carbons (Fsp3) is 0.467. The van der Waals surface area contributed by atoms with Gasteiger partial charge in [-0.25, -0.2) is 0 Å². The molecule has 0 radical (unpaired) electrons. The molecule has 1 aromatic carbocycles. The van der Waals surface area contributed by atoms with Gasteiger partial charge in [-0.15, -0.1) is 0 Å². The van der Waals surface area contributed by atoms with Crippen LogP contribution in [0.15, 0.2) is 24.3 Å². The largest absolute Gasteiger partial charge is 0.366 e. The maximum absolute atomic E-state index is 12.2. The second kappa shape index (κ2) is 6.05. The van der Waals surface area contributed by atoms with E-state index in [0.717, 1.165) is 31.4 Å². The molecule has 2 amide bonds. The molecule has 1 aliphatic rings. The number of nitrogens with two attached hydrogens (primary N) is 1. The second-order valence-electron chi connectivity index (χ2n) is 5.46. The molecule has 5 heteroatoms. The van der Waals surface area contributed by atoms with Crippen LogP contribution in [0.1, 0.15) is 42.1 Å². The molecule has 0 aliphatic carbocycles. The zero-order chi connectivity index (χ0) is 14.6. The van der Waals surface area contributed by atoms with E-state index in [-0.39, 0.29) is 5.91 Å². The number of piperidine rings is 1. The van der Waals surface area contributed by atoms with Crippen molar-refractivity contribution in [3.8, 4) is 0 Å². The topological polar surface area (TPSA) is 84.2 Å². The Kier molecular flexibility index (Phi) is 4.39. The van der Waals surface area contributed by atoms with Crippen LogP contribution in [0.4, 0.5) is 0 Å².